The van der Waals surface area contributed by atoms with Crippen LogP contribution in [-0.4, -0.2) is 44.4 Å². The molecule has 0 amide bonds. The molecular weight excluding hydrogens is 647 g/mol. The molecule has 1 aromatic heterocycles. The van der Waals surface area contributed by atoms with Crippen LogP contribution in [0.25, 0.3) is 0 Å². The Bertz CT molecular complexity index is 1530. The average molecular weight is 681 g/mol. The fraction of sp³-hybridized carbons (Fsp3) is 0.533. The topological polar surface area (TPSA) is 87.4 Å². The first-order chi connectivity index (χ1) is 21.8. The van der Waals surface area contributed by atoms with Crippen molar-refractivity contribution in [2.24, 2.45) is 18.9 Å². The molecule has 47 heavy (non-hydrogen) atoms. The van der Waals surface area contributed by atoms with Crippen LogP contribution < -0.4 is 9.80 Å². The maximum atomic E-state index is 14.1. The molecule has 1 N–H and O–H groups in total. The van der Waals surface area contributed by atoms with Crippen LogP contribution in [0.4, 0.5) is 51.1 Å². The van der Waals surface area contributed by atoms with Crippen LogP contribution in [0.2, 0.25) is 0 Å². The summed E-state index contributed by atoms with van der Waals surface area (Å²) in [7, 11) is 1.37. The van der Waals surface area contributed by atoms with Gasteiger partial charge in [-0.2, -0.15) is 44.3 Å². The molecule has 0 unspecified atom stereocenters. The molecule has 4 rings (SSSR count). The molecule has 258 valence electrons. The zero-order chi connectivity index (χ0) is 34.9. The minimum absolute atomic E-state index is 0.00878. The predicted molar refractivity (Wildman–Crippen MR) is 152 cm³/mol. The van der Waals surface area contributed by atoms with E-state index in [9.17, 15) is 49.4 Å². The third kappa shape index (κ3) is 8.86. The predicted octanol–water partition coefficient (Wildman–Crippen LogP) is 7.50. The number of rotatable bonds is 10. The lowest BCUT2D eigenvalue weighted by atomic mass is 9.81. The van der Waals surface area contributed by atoms with E-state index in [0.717, 1.165) is 10.9 Å². The van der Waals surface area contributed by atoms with Crippen molar-refractivity contribution in [3.05, 3.63) is 63.7 Å². The van der Waals surface area contributed by atoms with Gasteiger partial charge in [0.2, 0.25) is 0 Å². The largest absolute Gasteiger partial charge is 0.481 e. The summed E-state index contributed by atoms with van der Waals surface area (Å²) < 4.78 is 124. The number of anilines is 2. The lowest BCUT2D eigenvalue weighted by molar-refractivity contribution is -0.144. The van der Waals surface area contributed by atoms with E-state index < -0.39 is 65.8 Å². The zero-order valence-electron chi connectivity index (χ0n) is 25.6. The number of halogens is 9. The summed E-state index contributed by atoms with van der Waals surface area (Å²) >= 11 is 0. The molecule has 0 aliphatic heterocycles. The molecule has 0 saturated heterocycles. The van der Waals surface area contributed by atoms with Gasteiger partial charge in [0.1, 0.15) is 0 Å². The normalized spacial score (nSPS) is 17.5. The molecule has 1 aliphatic rings. The second kappa shape index (κ2) is 13.6. The maximum Gasteiger partial charge on any atom is 0.416 e. The van der Waals surface area contributed by atoms with Gasteiger partial charge in [0, 0.05) is 31.9 Å². The fourth-order valence-corrected chi connectivity index (χ4v) is 5.90. The Morgan fingerprint density at radius 1 is 0.872 bits per heavy atom. The Balaban J connectivity index is 1.78. The summed E-state index contributed by atoms with van der Waals surface area (Å²) in [4.78, 5) is 15.4. The van der Waals surface area contributed by atoms with E-state index in [1.807, 2.05) is 4.90 Å². The minimum Gasteiger partial charge on any atom is -0.481 e. The van der Waals surface area contributed by atoms with E-state index >= 15 is 0 Å². The van der Waals surface area contributed by atoms with Crippen LogP contribution >= 0.6 is 0 Å². The summed E-state index contributed by atoms with van der Waals surface area (Å²) in [6, 6.07) is 3.36. The summed E-state index contributed by atoms with van der Waals surface area (Å²) in [5, 5.41) is 20.9. The number of nitrogens with zero attached hydrogens (tertiary/aromatic N) is 6. The van der Waals surface area contributed by atoms with Gasteiger partial charge in [-0.1, -0.05) is 5.10 Å². The molecule has 2 aromatic carbocycles. The second-order valence-corrected chi connectivity index (χ2v) is 11.7. The van der Waals surface area contributed by atoms with E-state index in [0.29, 0.717) is 56.6 Å². The molecular formula is C30H33F9N6O2. The zero-order valence-corrected chi connectivity index (χ0v) is 25.6. The van der Waals surface area contributed by atoms with Crippen molar-refractivity contribution in [3.63, 3.8) is 0 Å². The number of aryl methyl sites for hydroxylation is 2. The number of carboxylic acids is 1. The smallest absolute Gasteiger partial charge is 0.416 e. The van der Waals surface area contributed by atoms with Crippen molar-refractivity contribution in [2.45, 2.75) is 71.1 Å². The average Bonchev–Trinajstić information content (AvgIpc) is 3.41. The monoisotopic (exact) mass is 680 g/mol. The van der Waals surface area contributed by atoms with Gasteiger partial charge in [0.05, 0.1) is 29.7 Å². The molecule has 8 nitrogen and oxygen atoms in total. The Labute approximate surface area is 264 Å². The van der Waals surface area contributed by atoms with Crippen molar-refractivity contribution in [2.75, 3.05) is 22.9 Å². The van der Waals surface area contributed by atoms with Crippen LogP contribution in [-0.2, 0) is 43.5 Å². The van der Waals surface area contributed by atoms with Gasteiger partial charge in [-0.15, -0.1) is 5.10 Å². The van der Waals surface area contributed by atoms with Crippen molar-refractivity contribution in [1.29, 1.82) is 0 Å². The lowest BCUT2D eigenvalue weighted by Crippen LogP contribution is -2.34. The third-order valence-corrected chi connectivity index (χ3v) is 8.29. The molecule has 0 bridgehead atoms. The van der Waals surface area contributed by atoms with Gasteiger partial charge < -0.3 is 14.9 Å². The molecule has 1 heterocycles. The van der Waals surface area contributed by atoms with Crippen LogP contribution in [0.5, 0.6) is 0 Å². The fourth-order valence-electron chi connectivity index (χ4n) is 5.90. The number of aromatic nitrogens is 4. The molecule has 0 spiro atoms. The Morgan fingerprint density at radius 3 is 1.94 bits per heavy atom. The first kappa shape index (κ1) is 35.8. The third-order valence-electron chi connectivity index (χ3n) is 8.29. The first-order valence-electron chi connectivity index (χ1n) is 14.7. The summed E-state index contributed by atoms with van der Waals surface area (Å²) in [5.41, 5.74) is -4.08. The summed E-state index contributed by atoms with van der Waals surface area (Å²) in [6.07, 6.45) is -12.9. The summed E-state index contributed by atoms with van der Waals surface area (Å²) in [5.74, 6) is -1.53. The van der Waals surface area contributed by atoms with E-state index in [1.54, 1.807) is 6.92 Å². The SMILES string of the molecule is CCN(CC1CCC(C(=O)O)CC1)c1cc(C)c(C(F)(F)F)cc1CN(Cc1cc(C(F)(F)F)cc(C(F)(F)F)c1)c1nnn(C)n1. The Kier molecular flexibility index (Phi) is 10.3. The lowest BCUT2D eigenvalue weighted by Gasteiger charge is -2.34. The number of carboxylic acid groups (broad SMARTS) is 1. The number of aliphatic carboxylic acids is 1. The Morgan fingerprint density at radius 2 is 1.47 bits per heavy atom. The molecule has 3 aromatic rings. The van der Waals surface area contributed by atoms with Crippen molar-refractivity contribution in [1.82, 2.24) is 20.2 Å². The van der Waals surface area contributed by atoms with Crippen molar-refractivity contribution < 1.29 is 49.4 Å². The van der Waals surface area contributed by atoms with Crippen LogP contribution in [0.3, 0.4) is 0 Å². The van der Waals surface area contributed by atoms with Gasteiger partial charge in [-0.25, -0.2) is 0 Å². The Hall–Kier alpha value is -4.05. The number of hydrogen-bond donors (Lipinski definition) is 1. The second-order valence-electron chi connectivity index (χ2n) is 11.7. The van der Waals surface area contributed by atoms with E-state index in [2.05, 4.69) is 15.4 Å². The number of alkyl halides is 9. The highest BCUT2D eigenvalue weighted by atomic mass is 19.4. The highest BCUT2D eigenvalue weighted by molar-refractivity contribution is 5.70. The highest BCUT2D eigenvalue weighted by Crippen LogP contribution is 2.40. The molecule has 1 saturated carbocycles. The molecule has 17 heteroatoms. The summed E-state index contributed by atoms with van der Waals surface area (Å²) in [6.45, 7) is 2.78. The van der Waals surface area contributed by atoms with Gasteiger partial charge in [0.25, 0.3) is 5.95 Å². The quantitative estimate of drug-likeness (QED) is 0.222. The highest BCUT2D eigenvalue weighted by Gasteiger charge is 2.38. The van der Waals surface area contributed by atoms with Crippen LogP contribution in [0.15, 0.2) is 30.3 Å². The van der Waals surface area contributed by atoms with E-state index in [-0.39, 0.29) is 29.1 Å². The standard InChI is InChI=1S/C30H33F9N6O2/c1-4-44(14-18-5-7-20(8-6-18)26(46)47)25-9-17(2)24(30(37,38)39)12-21(25)16-45(27-40-42-43(3)41-27)15-19-10-22(28(31,32)33)13-23(11-19)29(34,35)36/h9-13,18,20H,4-8,14-16H2,1-3H3,(H,46,47). The minimum atomic E-state index is -5.11. The molecule has 0 radical (unpaired) electrons. The number of carbonyl (C=O) groups is 1. The van der Waals surface area contributed by atoms with E-state index in [4.69, 9.17) is 0 Å². The van der Waals surface area contributed by atoms with E-state index in [1.165, 1.54) is 24.9 Å². The molecule has 1 aliphatic carbocycles. The van der Waals surface area contributed by atoms with Crippen molar-refractivity contribution in [3.8, 4) is 0 Å². The van der Waals surface area contributed by atoms with Gasteiger partial charge in [0.15, 0.2) is 0 Å². The van der Waals surface area contributed by atoms with Gasteiger partial charge in [-0.05, 0) is 97.7 Å². The number of benzene rings is 2. The van der Waals surface area contributed by atoms with Crippen LogP contribution in [0, 0.1) is 18.8 Å². The van der Waals surface area contributed by atoms with Crippen molar-refractivity contribution >= 4 is 17.6 Å². The maximum absolute atomic E-state index is 14.1. The molecule has 1 fully saturated rings. The first-order valence-corrected chi connectivity index (χ1v) is 14.7. The van der Waals surface area contributed by atoms with Gasteiger partial charge >= 0.3 is 24.5 Å². The van der Waals surface area contributed by atoms with Crippen LogP contribution in [0.1, 0.15) is 66.0 Å². The molecule has 0 atom stereocenters. The van der Waals surface area contributed by atoms with Gasteiger partial charge in [-0.3, -0.25) is 4.79 Å². The number of tetrazole rings is 1. The number of hydrogen-bond acceptors (Lipinski definition) is 6.